The molecule has 1 aromatic rings. The van der Waals surface area contributed by atoms with Gasteiger partial charge in [0.2, 0.25) is 0 Å². The standard InChI is InChI=1S/C12H12N2O4/c1-3-18-12(15)6-9-5-11(14(16)17)8(2)4-10(9)7-13/h4-5H,3,6H2,1-2H3. The molecule has 94 valence electrons. The summed E-state index contributed by atoms with van der Waals surface area (Å²) < 4.78 is 4.76. The third-order valence-corrected chi connectivity index (χ3v) is 2.38. The van der Waals surface area contributed by atoms with Gasteiger partial charge < -0.3 is 4.74 Å². The van der Waals surface area contributed by atoms with E-state index in [1.165, 1.54) is 12.1 Å². The topological polar surface area (TPSA) is 93.2 Å². The van der Waals surface area contributed by atoms with Gasteiger partial charge in [0.05, 0.1) is 29.6 Å². The lowest BCUT2D eigenvalue weighted by Gasteiger charge is -2.06. The highest BCUT2D eigenvalue weighted by molar-refractivity contribution is 5.74. The predicted molar refractivity (Wildman–Crippen MR) is 62.9 cm³/mol. The highest BCUT2D eigenvalue weighted by Gasteiger charge is 2.17. The van der Waals surface area contributed by atoms with E-state index in [-0.39, 0.29) is 24.3 Å². The lowest BCUT2D eigenvalue weighted by atomic mass is 10.0. The zero-order valence-corrected chi connectivity index (χ0v) is 10.1. The molecule has 0 unspecified atom stereocenters. The fourth-order valence-electron chi connectivity index (χ4n) is 1.55. The molecule has 18 heavy (non-hydrogen) atoms. The third kappa shape index (κ3) is 3.04. The number of rotatable bonds is 4. The molecule has 1 rings (SSSR count). The van der Waals surface area contributed by atoms with Crippen LogP contribution in [0.5, 0.6) is 0 Å². The molecule has 0 saturated carbocycles. The van der Waals surface area contributed by atoms with Gasteiger partial charge in [-0.2, -0.15) is 5.26 Å². The normalized spacial score (nSPS) is 9.61. The molecule has 0 spiro atoms. The van der Waals surface area contributed by atoms with Crippen LogP contribution in [0.25, 0.3) is 0 Å². The number of aryl methyl sites for hydroxylation is 1. The minimum absolute atomic E-state index is 0.103. The number of benzene rings is 1. The zero-order valence-electron chi connectivity index (χ0n) is 10.1. The molecule has 0 amide bonds. The third-order valence-electron chi connectivity index (χ3n) is 2.38. The van der Waals surface area contributed by atoms with Crippen molar-refractivity contribution in [3.63, 3.8) is 0 Å². The average molecular weight is 248 g/mol. The molecular weight excluding hydrogens is 236 g/mol. The number of ether oxygens (including phenoxy) is 1. The fraction of sp³-hybridized carbons (Fsp3) is 0.333. The molecule has 0 fully saturated rings. The summed E-state index contributed by atoms with van der Waals surface area (Å²) in [6, 6.07) is 4.58. The Kier molecular flexibility index (Phi) is 4.38. The van der Waals surface area contributed by atoms with Crippen LogP contribution in [0.2, 0.25) is 0 Å². The first kappa shape index (κ1) is 13.6. The highest BCUT2D eigenvalue weighted by atomic mass is 16.6. The van der Waals surface area contributed by atoms with Gasteiger partial charge in [0.1, 0.15) is 0 Å². The summed E-state index contributed by atoms with van der Waals surface area (Å²) in [5.74, 6) is -0.507. The van der Waals surface area contributed by atoms with Gasteiger partial charge >= 0.3 is 5.97 Å². The lowest BCUT2D eigenvalue weighted by molar-refractivity contribution is -0.385. The maximum atomic E-state index is 11.3. The molecular formula is C12H12N2O4. The van der Waals surface area contributed by atoms with Crippen molar-refractivity contribution in [3.8, 4) is 6.07 Å². The largest absolute Gasteiger partial charge is 0.466 e. The number of hydrogen-bond donors (Lipinski definition) is 0. The van der Waals surface area contributed by atoms with Gasteiger partial charge in [-0.05, 0) is 25.5 Å². The summed E-state index contributed by atoms with van der Waals surface area (Å²) in [6.07, 6.45) is -0.141. The summed E-state index contributed by atoms with van der Waals surface area (Å²) >= 11 is 0. The van der Waals surface area contributed by atoms with Gasteiger partial charge in [-0.3, -0.25) is 14.9 Å². The second kappa shape index (κ2) is 5.77. The molecule has 0 N–H and O–H groups in total. The van der Waals surface area contributed by atoms with Crippen LogP contribution in [0, 0.1) is 28.4 Å². The van der Waals surface area contributed by atoms with Gasteiger partial charge in [-0.15, -0.1) is 0 Å². The van der Waals surface area contributed by atoms with E-state index in [1.807, 2.05) is 6.07 Å². The Hall–Kier alpha value is -2.42. The number of nitriles is 1. The Balaban J connectivity index is 3.17. The van der Waals surface area contributed by atoms with E-state index in [0.717, 1.165) is 0 Å². The van der Waals surface area contributed by atoms with E-state index in [4.69, 9.17) is 10.00 Å². The van der Waals surface area contributed by atoms with Crippen molar-refractivity contribution in [1.82, 2.24) is 0 Å². The van der Waals surface area contributed by atoms with Crippen molar-refractivity contribution in [2.75, 3.05) is 6.61 Å². The minimum Gasteiger partial charge on any atom is -0.466 e. The first-order chi connectivity index (χ1) is 8.49. The van der Waals surface area contributed by atoms with Gasteiger partial charge in [-0.25, -0.2) is 0 Å². The number of nitro groups is 1. The van der Waals surface area contributed by atoms with Gasteiger partial charge in [0, 0.05) is 11.6 Å². The van der Waals surface area contributed by atoms with E-state index in [2.05, 4.69) is 0 Å². The SMILES string of the molecule is CCOC(=O)Cc1cc([N+](=O)[O-])c(C)cc1C#N. The molecule has 0 saturated heterocycles. The summed E-state index contributed by atoms with van der Waals surface area (Å²) in [6.45, 7) is 3.45. The predicted octanol–water partition coefficient (Wildman–Crippen LogP) is 1.88. The molecule has 0 aliphatic carbocycles. The number of esters is 1. The number of nitro benzene ring substituents is 1. The van der Waals surface area contributed by atoms with Crippen molar-refractivity contribution >= 4 is 11.7 Å². The molecule has 0 radical (unpaired) electrons. The van der Waals surface area contributed by atoms with E-state index >= 15 is 0 Å². The molecule has 1 aromatic carbocycles. The Morgan fingerprint density at radius 1 is 1.56 bits per heavy atom. The Labute approximate surface area is 104 Å². The van der Waals surface area contributed by atoms with Crippen molar-refractivity contribution in [3.05, 3.63) is 38.9 Å². The summed E-state index contributed by atoms with van der Waals surface area (Å²) in [5, 5.41) is 19.7. The van der Waals surface area contributed by atoms with Crippen LogP contribution in [-0.4, -0.2) is 17.5 Å². The smallest absolute Gasteiger partial charge is 0.310 e. The molecule has 0 aromatic heterocycles. The van der Waals surface area contributed by atoms with Crippen LogP contribution in [0.3, 0.4) is 0 Å². The zero-order chi connectivity index (χ0) is 13.7. The van der Waals surface area contributed by atoms with Crippen molar-refractivity contribution in [2.24, 2.45) is 0 Å². The van der Waals surface area contributed by atoms with Crippen LogP contribution in [0.4, 0.5) is 5.69 Å². The molecule has 0 aliphatic heterocycles. The summed E-state index contributed by atoms with van der Waals surface area (Å²) in [4.78, 5) is 21.6. The minimum atomic E-state index is -0.537. The van der Waals surface area contributed by atoms with Crippen molar-refractivity contribution in [1.29, 1.82) is 5.26 Å². The number of carbonyl (C=O) groups is 1. The average Bonchev–Trinajstić information content (AvgIpc) is 2.30. The van der Waals surface area contributed by atoms with Crippen molar-refractivity contribution in [2.45, 2.75) is 20.3 Å². The Morgan fingerprint density at radius 2 is 2.22 bits per heavy atom. The number of nitrogens with zero attached hydrogens (tertiary/aromatic N) is 2. The van der Waals surface area contributed by atoms with Crippen LogP contribution in [0.1, 0.15) is 23.6 Å². The Morgan fingerprint density at radius 3 is 2.72 bits per heavy atom. The highest BCUT2D eigenvalue weighted by Crippen LogP contribution is 2.23. The molecule has 0 bridgehead atoms. The van der Waals surface area contributed by atoms with Crippen LogP contribution in [-0.2, 0) is 16.0 Å². The summed E-state index contributed by atoms with van der Waals surface area (Å²) in [5.41, 5.74) is 0.858. The summed E-state index contributed by atoms with van der Waals surface area (Å²) in [7, 11) is 0. The molecule has 6 heteroatoms. The second-order valence-electron chi connectivity index (χ2n) is 3.65. The lowest BCUT2D eigenvalue weighted by Crippen LogP contribution is -2.09. The maximum Gasteiger partial charge on any atom is 0.310 e. The van der Waals surface area contributed by atoms with E-state index in [1.54, 1.807) is 13.8 Å². The van der Waals surface area contributed by atoms with Gasteiger partial charge in [0.15, 0.2) is 0 Å². The molecule has 0 atom stereocenters. The van der Waals surface area contributed by atoms with Gasteiger partial charge in [0.25, 0.3) is 5.69 Å². The van der Waals surface area contributed by atoms with E-state index < -0.39 is 10.9 Å². The van der Waals surface area contributed by atoms with Crippen LogP contribution < -0.4 is 0 Å². The molecule has 0 heterocycles. The maximum absolute atomic E-state index is 11.3. The second-order valence-corrected chi connectivity index (χ2v) is 3.65. The Bertz CT molecular complexity index is 532. The monoisotopic (exact) mass is 248 g/mol. The fourth-order valence-corrected chi connectivity index (χ4v) is 1.55. The molecule has 0 aliphatic rings. The first-order valence-electron chi connectivity index (χ1n) is 5.33. The molecule has 6 nitrogen and oxygen atoms in total. The quantitative estimate of drug-likeness (QED) is 0.460. The van der Waals surface area contributed by atoms with E-state index in [9.17, 15) is 14.9 Å². The van der Waals surface area contributed by atoms with Crippen LogP contribution in [0.15, 0.2) is 12.1 Å². The van der Waals surface area contributed by atoms with Crippen LogP contribution >= 0.6 is 0 Å². The number of hydrogen-bond acceptors (Lipinski definition) is 5. The van der Waals surface area contributed by atoms with Crippen molar-refractivity contribution < 1.29 is 14.5 Å². The number of carbonyl (C=O) groups excluding carboxylic acids is 1. The van der Waals surface area contributed by atoms with Gasteiger partial charge in [-0.1, -0.05) is 0 Å². The van der Waals surface area contributed by atoms with E-state index in [0.29, 0.717) is 11.1 Å². The first-order valence-corrected chi connectivity index (χ1v) is 5.33.